The molecule has 0 amide bonds. The van der Waals surface area contributed by atoms with Crippen LogP contribution in [0.25, 0.3) is 11.3 Å². The standard InChI is InChI=1S/C21H22N2O4/c1-21(2,20(24)25)27-18-7-3-15(4-8-18)12-14-26-17-9-5-16(6-10-17)19-11-13-22-23-19/h3-11,13H,12,14H2,1-2H3,(H,22,23)(H,24,25). The summed E-state index contributed by atoms with van der Waals surface area (Å²) in [6.07, 6.45) is 2.46. The first-order valence-corrected chi connectivity index (χ1v) is 8.68. The van der Waals surface area contributed by atoms with Crippen LogP contribution in [-0.2, 0) is 11.2 Å². The number of benzene rings is 2. The number of aromatic nitrogens is 2. The van der Waals surface area contributed by atoms with Crippen LogP contribution < -0.4 is 9.47 Å². The second kappa shape index (κ2) is 7.95. The number of carboxylic acids is 1. The van der Waals surface area contributed by atoms with Crippen LogP contribution in [0.1, 0.15) is 19.4 Å². The minimum Gasteiger partial charge on any atom is -0.493 e. The molecule has 140 valence electrons. The molecule has 0 bridgehead atoms. The average molecular weight is 366 g/mol. The van der Waals surface area contributed by atoms with Gasteiger partial charge in [0.2, 0.25) is 0 Å². The molecule has 6 heteroatoms. The molecule has 0 aliphatic heterocycles. The van der Waals surface area contributed by atoms with Gasteiger partial charge in [-0.1, -0.05) is 12.1 Å². The van der Waals surface area contributed by atoms with Gasteiger partial charge in [-0.25, -0.2) is 4.79 Å². The molecule has 3 aromatic rings. The second-order valence-corrected chi connectivity index (χ2v) is 6.65. The quantitative estimate of drug-likeness (QED) is 0.631. The van der Waals surface area contributed by atoms with E-state index in [0.29, 0.717) is 12.4 Å². The van der Waals surface area contributed by atoms with E-state index in [4.69, 9.17) is 14.6 Å². The fourth-order valence-electron chi connectivity index (χ4n) is 2.50. The normalized spacial score (nSPS) is 11.2. The number of nitrogens with one attached hydrogen (secondary N) is 1. The van der Waals surface area contributed by atoms with Gasteiger partial charge < -0.3 is 14.6 Å². The van der Waals surface area contributed by atoms with E-state index in [1.165, 1.54) is 13.8 Å². The van der Waals surface area contributed by atoms with Crippen molar-refractivity contribution in [1.29, 1.82) is 0 Å². The lowest BCUT2D eigenvalue weighted by atomic mass is 10.1. The predicted octanol–water partition coefficient (Wildman–Crippen LogP) is 3.94. The summed E-state index contributed by atoms with van der Waals surface area (Å²) < 4.78 is 11.3. The minimum absolute atomic E-state index is 0.529. The van der Waals surface area contributed by atoms with E-state index >= 15 is 0 Å². The van der Waals surface area contributed by atoms with Crippen LogP contribution in [0.15, 0.2) is 60.8 Å². The number of hydrogen-bond donors (Lipinski definition) is 2. The van der Waals surface area contributed by atoms with Crippen LogP contribution in [0, 0.1) is 0 Å². The molecular formula is C21H22N2O4. The number of nitrogens with zero attached hydrogens (tertiary/aromatic N) is 1. The summed E-state index contributed by atoms with van der Waals surface area (Å²) in [5.41, 5.74) is 1.85. The molecule has 0 unspecified atom stereocenters. The monoisotopic (exact) mass is 366 g/mol. The summed E-state index contributed by atoms with van der Waals surface area (Å²) in [7, 11) is 0. The van der Waals surface area contributed by atoms with Gasteiger partial charge in [-0.2, -0.15) is 5.10 Å². The van der Waals surface area contributed by atoms with Crippen molar-refractivity contribution in [2.24, 2.45) is 0 Å². The van der Waals surface area contributed by atoms with E-state index in [0.717, 1.165) is 29.0 Å². The van der Waals surface area contributed by atoms with Gasteiger partial charge in [0.1, 0.15) is 11.5 Å². The number of rotatable bonds is 8. The van der Waals surface area contributed by atoms with Gasteiger partial charge in [0, 0.05) is 12.6 Å². The van der Waals surface area contributed by atoms with Crippen LogP contribution in [0.2, 0.25) is 0 Å². The van der Waals surface area contributed by atoms with Crippen molar-refractivity contribution < 1.29 is 19.4 Å². The smallest absolute Gasteiger partial charge is 0.347 e. The summed E-state index contributed by atoms with van der Waals surface area (Å²) in [4.78, 5) is 11.1. The highest BCUT2D eigenvalue weighted by Gasteiger charge is 2.29. The lowest BCUT2D eigenvalue weighted by Gasteiger charge is -2.21. The fourth-order valence-corrected chi connectivity index (χ4v) is 2.50. The zero-order chi connectivity index (χ0) is 19.3. The summed E-state index contributed by atoms with van der Waals surface area (Å²) in [6.45, 7) is 3.59. The third-order valence-electron chi connectivity index (χ3n) is 4.14. The topological polar surface area (TPSA) is 84.4 Å². The third kappa shape index (κ3) is 4.88. The first-order valence-electron chi connectivity index (χ1n) is 8.68. The summed E-state index contributed by atoms with van der Waals surface area (Å²) >= 11 is 0. The van der Waals surface area contributed by atoms with E-state index in [1.807, 2.05) is 42.5 Å². The number of H-pyrrole nitrogens is 1. The maximum Gasteiger partial charge on any atom is 0.347 e. The third-order valence-corrected chi connectivity index (χ3v) is 4.14. The van der Waals surface area contributed by atoms with Crippen LogP contribution in [0.4, 0.5) is 0 Å². The molecule has 27 heavy (non-hydrogen) atoms. The Morgan fingerprint density at radius 1 is 1.04 bits per heavy atom. The maximum atomic E-state index is 11.1. The van der Waals surface area contributed by atoms with Crippen LogP contribution >= 0.6 is 0 Å². The molecule has 1 heterocycles. The van der Waals surface area contributed by atoms with Crippen LogP contribution in [0.5, 0.6) is 11.5 Å². The van der Waals surface area contributed by atoms with Gasteiger partial charge in [-0.05, 0) is 67.4 Å². The van der Waals surface area contributed by atoms with Gasteiger partial charge in [-0.3, -0.25) is 5.10 Å². The van der Waals surface area contributed by atoms with Crippen molar-refractivity contribution in [3.63, 3.8) is 0 Å². The molecule has 2 aromatic carbocycles. The number of carbonyl (C=O) groups is 1. The molecule has 0 spiro atoms. The van der Waals surface area contributed by atoms with Crippen LogP contribution in [0.3, 0.4) is 0 Å². The van der Waals surface area contributed by atoms with E-state index in [2.05, 4.69) is 10.2 Å². The molecule has 6 nitrogen and oxygen atoms in total. The lowest BCUT2D eigenvalue weighted by molar-refractivity contribution is -0.152. The van der Waals surface area contributed by atoms with E-state index in [-0.39, 0.29) is 0 Å². The first-order chi connectivity index (χ1) is 12.9. The Labute approximate surface area is 157 Å². The van der Waals surface area contributed by atoms with Crippen LogP contribution in [-0.4, -0.2) is 33.5 Å². The molecule has 0 saturated carbocycles. The van der Waals surface area contributed by atoms with Crippen molar-refractivity contribution in [3.8, 4) is 22.8 Å². The molecule has 0 aliphatic carbocycles. The van der Waals surface area contributed by atoms with Crippen molar-refractivity contribution in [2.45, 2.75) is 25.9 Å². The van der Waals surface area contributed by atoms with E-state index < -0.39 is 11.6 Å². The van der Waals surface area contributed by atoms with Crippen molar-refractivity contribution >= 4 is 5.97 Å². The van der Waals surface area contributed by atoms with Gasteiger partial charge in [0.25, 0.3) is 0 Å². The molecule has 3 rings (SSSR count). The highest BCUT2D eigenvalue weighted by molar-refractivity contribution is 5.76. The number of aliphatic carboxylic acids is 1. The Balaban J connectivity index is 1.50. The minimum atomic E-state index is -1.26. The zero-order valence-corrected chi connectivity index (χ0v) is 15.3. The maximum absolute atomic E-state index is 11.1. The van der Waals surface area contributed by atoms with Gasteiger partial charge in [-0.15, -0.1) is 0 Å². The van der Waals surface area contributed by atoms with Gasteiger partial charge >= 0.3 is 5.97 Å². The van der Waals surface area contributed by atoms with Gasteiger partial charge in [0.05, 0.1) is 12.3 Å². The fraction of sp³-hybridized carbons (Fsp3) is 0.238. The molecule has 2 N–H and O–H groups in total. The zero-order valence-electron chi connectivity index (χ0n) is 15.3. The Morgan fingerprint density at radius 2 is 1.70 bits per heavy atom. The van der Waals surface area contributed by atoms with E-state index in [9.17, 15) is 4.79 Å². The highest BCUT2D eigenvalue weighted by atomic mass is 16.5. The number of aromatic amines is 1. The van der Waals surface area contributed by atoms with Crippen molar-refractivity contribution in [2.75, 3.05) is 6.61 Å². The van der Waals surface area contributed by atoms with Crippen molar-refractivity contribution in [3.05, 3.63) is 66.4 Å². The highest BCUT2D eigenvalue weighted by Crippen LogP contribution is 2.21. The SMILES string of the molecule is CC(C)(Oc1ccc(CCOc2ccc(-c3ccn[nH]3)cc2)cc1)C(=O)O. The summed E-state index contributed by atoms with van der Waals surface area (Å²) in [5, 5.41) is 16.0. The predicted molar refractivity (Wildman–Crippen MR) is 102 cm³/mol. The number of hydrogen-bond acceptors (Lipinski definition) is 4. The molecule has 0 radical (unpaired) electrons. The number of carboxylic acid groups (broad SMARTS) is 1. The Bertz CT molecular complexity index is 870. The van der Waals surface area contributed by atoms with Crippen molar-refractivity contribution in [1.82, 2.24) is 10.2 Å². The number of ether oxygens (including phenoxy) is 2. The average Bonchev–Trinajstić information content (AvgIpc) is 3.18. The van der Waals surface area contributed by atoms with E-state index in [1.54, 1.807) is 18.3 Å². The molecule has 0 fully saturated rings. The molecular weight excluding hydrogens is 344 g/mol. The first kappa shape index (κ1) is 18.5. The summed E-state index contributed by atoms with van der Waals surface area (Å²) in [5.74, 6) is 0.335. The second-order valence-electron chi connectivity index (χ2n) is 6.65. The Kier molecular flexibility index (Phi) is 5.45. The molecule has 0 atom stereocenters. The summed E-state index contributed by atoms with van der Waals surface area (Å²) in [6, 6.07) is 17.1. The molecule has 0 saturated heterocycles. The lowest BCUT2D eigenvalue weighted by Crippen LogP contribution is -2.37. The largest absolute Gasteiger partial charge is 0.493 e. The Hall–Kier alpha value is -3.28. The molecule has 0 aliphatic rings. The molecule has 1 aromatic heterocycles. The Morgan fingerprint density at radius 3 is 2.30 bits per heavy atom. The van der Waals surface area contributed by atoms with Gasteiger partial charge in [0.15, 0.2) is 5.60 Å².